The number of benzene rings is 2. The highest BCUT2D eigenvalue weighted by Crippen LogP contribution is 2.40. The number of imidazole rings is 1. The van der Waals surface area contributed by atoms with Crippen LogP contribution in [0.1, 0.15) is 25.5 Å². The van der Waals surface area contributed by atoms with Gasteiger partial charge in [0.15, 0.2) is 0 Å². The molecule has 186 valence electrons. The van der Waals surface area contributed by atoms with Crippen LogP contribution in [-0.4, -0.2) is 24.7 Å². The first-order chi connectivity index (χ1) is 17.3. The first-order valence-electron chi connectivity index (χ1n) is 11.2. The molecule has 11 heteroatoms. The van der Waals surface area contributed by atoms with Gasteiger partial charge in [-0.05, 0) is 41.5 Å². The van der Waals surface area contributed by atoms with Crippen LogP contribution in [-0.2, 0) is 22.2 Å². The number of hydrogen-bond donors (Lipinski definition) is 2. The van der Waals surface area contributed by atoms with E-state index in [-0.39, 0.29) is 10.9 Å². The second-order valence-electron chi connectivity index (χ2n) is 7.72. The summed E-state index contributed by atoms with van der Waals surface area (Å²) in [7, 11) is -1.84. The molecule has 2 unspecified atom stereocenters. The number of aromatic nitrogens is 3. The van der Waals surface area contributed by atoms with E-state index in [4.69, 9.17) is 34.1 Å². The molecule has 1 aliphatic rings. The Labute approximate surface area is 221 Å². The van der Waals surface area contributed by atoms with Crippen molar-refractivity contribution < 1.29 is 9.00 Å². The van der Waals surface area contributed by atoms with Crippen LogP contribution in [0.4, 0.5) is 17.5 Å². The van der Waals surface area contributed by atoms with Gasteiger partial charge in [0, 0.05) is 28.2 Å². The molecule has 0 radical (unpaired) electrons. The Kier molecular flexibility index (Phi) is 7.75. The summed E-state index contributed by atoms with van der Waals surface area (Å²) in [6.45, 7) is 4.00. The molecular weight excluding hydrogens is 519 g/mol. The van der Waals surface area contributed by atoms with E-state index in [1.165, 1.54) is 11.1 Å². The van der Waals surface area contributed by atoms with Gasteiger partial charge in [0.25, 0.3) is 5.91 Å². The molecule has 0 bridgehead atoms. The van der Waals surface area contributed by atoms with Crippen LogP contribution in [0.2, 0.25) is 10.0 Å². The second kappa shape index (κ2) is 10.8. The van der Waals surface area contributed by atoms with Crippen molar-refractivity contribution in [3.8, 4) is 11.1 Å². The molecule has 5 rings (SSSR count). The molecule has 2 aromatic heterocycles. The van der Waals surface area contributed by atoms with Gasteiger partial charge in [-0.15, -0.1) is 0 Å². The summed E-state index contributed by atoms with van der Waals surface area (Å²) in [5, 5.41) is 6.70. The summed E-state index contributed by atoms with van der Waals surface area (Å²) in [5.41, 5.74) is 9.08. The molecule has 0 saturated carbocycles. The van der Waals surface area contributed by atoms with Crippen LogP contribution in [0, 0.1) is 0 Å². The molecule has 8 nitrogen and oxygen atoms in total. The number of nitrogens with zero attached hydrogens (tertiary/aromatic N) is 4. The van der Waals surface area contributed by atoms with Gasteiger partial charge < -0.3 is 5.73 Å². The molecule has 1 amide bonds. The van der Waals surface area contributed by atoms with Crippen molar-refractivity contribution in [2.45, 2.75) is 31.3 Å². The minimum Gasteiger partial charge on any atom is -0.383 e. The Morgan fingerprint density at radius 2 is 1.69 bits per heavy atom. The van der Waals surface area contributed by atoms with E-state index in [2.05, 4.69) is 9.97 Å². The standard InChI is InChI=1S/C23H18Cl2N6O2S.C2H6/c24-15-9-16(25)11-17(10-15)30-22(32)19(31-20(34(27)33)12-29-23(30)31)8-13-3-5-14(6-4-13)18-2-1-7-28-21(18)26;1-2/h1-7,9-12,19H,8,27H2,(H2,26,28);1-2H3. The lowest BCUT2D eigenvalue weighted by molar-refractivity contribution is -0.119. The van der Waals surface area contributed by atoms with Crippen molar-refractivity contribution in [2.75, 3.05) is 10.6 Å². The molecule has 0 saturated heterocycles. The summed E-state index contributed by atoms with van der Waals surface area (Å²) in [6.07, 6.45) is 3.39. The normalized spacial score (nSPS) is 15.3. The third-order valence-electron chi connectivity index (χ3n) is 5.60. The molecule has 3 heterocycles. The fourth-order valence-corrected chi connectivity index (χ4v) is 5.17. The number of carbonyl (C=O) groups excluding carboxylic acids is 1. The molecule has 4 N–H and O–H groups in total. The Hall–Kier alpha value is -3.24. The highest BCUT2D eigenvalue weighted by Gasteiger charge is 2.41. The maximum Gasteiger partial charge on any atom is 0.257 e. The maximum absolute atomic E-state index is 13.6. The van der Waals surface area contributed by atoms with E-state index < -0.39 is 17.0 Å². The second-order valence-corrected chi connectivity index (χ2v) is 9.60. The number of nitrogens with two attached hydrogens (primary N) is 2. The highest BCUT2D eigenvalue weighted by atomic mass is 35.5. The van der Waals surface area contributed by atoms with Crippen molar-refractivity contribution in [1.29, 1.82) is 0 Å². The predicted molar refractivity (Wildman–Crippen MR) is 145 cm³/mol. The zero-order valence-electron chi connectivity index (χ0n) is 19.6. The Balaban J connectivity index is 0.00000148. The van der Waals surface area contributed by atoms with Crippen LogP contribution < -0.4 is 15.8 Å². The summed E-state index contributed by atoms with van der Waals surface area (Å²) in [6, 6.07) is 15.5. The highest BCUT2D eigenvalue weighted by molar-refractivity contribution is 7.82. The molecule has 36 heavy (non-hydrogen) atoms. The zero-order valence-corrected chi connectivity index (χ0v) is 21.9. The SMILES string of the molecule is CC.Nc1ncccc1-c1ccc(CC2C(=O)N(c3cc(Cl)cc(Cl)c3)c3ncc(S(N)=O)n32)cc1. The zero-order chi connectivity index (χ0) is 26.0. The summed E-state index contributed by atoms with van der Waals surface area (Å²) in [5.74, 6) is 0.491. The van der Waals surface area contributed by atoms with Gasteiger partial charge in [0.05, 0.1) is 11.9 Å². The Bertz CT molecular complexity index is 1420. The minimum absolute atomic E-state index is 0.253. The van der Waals surface area contributed by atoms with E-state index in [9.17, 15) is 9.00 Å². The van der Waals surface area contributed by atoms with E-state index in [1.54, 1.807) is 29.0 Å². The number of pyridine rings is 1. The average molecular weight is 543 g/mol. The lowest BCUT2D eigenvalue weighted by Crippen LogP contribution is -2.27. The van der Waals surface area contributed by atoms with Crippen molar-refractivity contribution in [1.82, 2.24) is 14.5 Å². The predicted octanol–water partition coefficient (Wildman–Crippen LogP) is 5.30. The maximum atomic E-state index is 13.6. The van der Waals surface area contributed by atoms with Crippen molar-refractivity contribution in [2.24, 2.45) is 5.14 Å². The van der Waals surface area contributed by atoms with Crippen LogP contribution in [0.15, 0.2) is 72.0 Å². The van der Waals surface area contributed by atoms with Gasteiger partial charge in [-0.2, -0.15) is 0 Å². The molecular formula is C25H24Cl2N6O2S. The summed E-state index contributed by atoms with van der Waals surface area (Å²) >= 11 is 12.3. The third-order valence-corrected chi connectivity index (χ3v) is 6.76. The number of carbonyl (C=O) groups is 1. The molecule has 0 fully saturated rings. The van der Waals surface area contributed by atoms with Crippen molar-refractivity contribution >= 4 is 57.5 Å². The Morgan fingerprint density at radius 1 is 1.03 bits per heavy atom. The number of anilines is 3. The van der Waals surface area contributed by atoms with Crippen LogP contribution in [0.25, 0.3) is 11.1 Å². The number of fused-ring (bicyclic) bond motifs is 1. The van der Waals surface area contributed by atoms with E-state index in [0.717, 1.165) is 16.7 Å². The average Bonchev–Trinajstić information content (AvgIpc) is 3.39. The fraction of sp³-hybridized carbons (Fsp3) is 0.160. The molecule has 2 aromatic carbocycles. The van der Waals surface area contributed by atoms with E-state index >= 15 is 0 Å². The number of hydrogen-bond acceptors (Lipinski definition) is 5. The third kappa shape index (κ3) is 4.87. The Morgan fingerprint density at radius 3 is 2.31 bits per heavy atom. The topological polar surface area (TPSA) is 120 Å². The minimum atomic E-state index is -1.84. The van der Waals surface area contributed by atoms with Gasteiger partial charge in [0.1, 0.15) is 27.9 Å². The number of nitrogen functional groups attached to an aromatic ring is 1. The van der Waals surface area contributed by atoms with Gasteiger partial charge in [-0.1, -0.05) is 61.3 Å². The van der Waals surface area contributed by atoms with Gasteiger partial charge in [0.2, 0.25) is 5.95 Å². The van der Waals surface area contributed by atoms with E-state index in [0.29, 0.717) is 33.9 Å². The number of amides is 1. The molecule has 1 aliphatic heterocycles. The first-order valence-corrected chi connectivity index (χ1v) is 13.1. The van der Waals surface area contributed by atoms with Gasteiger partial charge in [-0.25, -0.2) is 24.2 Å². The first kappa shape index (κ1) is 25.8. The summed E-state index contributed by atoms with van der Waals surface area (Å²) < 4.78 is 13.8. The monoisotopic (exact) mass is 542 g/mol. The van der Waals surface area contributed by atoms with E-state index in [1.807, 2.05) is 50.2 Å². The lowest BCUT2D eigenvalue weighted by Gasteiger charge is -2.17. The van der Waals surface area contributed by atoms with Crippen LogP contribution in [0.3, 0.4) is 0 Å². The number of rotatable bonds is 5. The van der Waals surface area contributed by atoms with Gasteiger partial charge in [-0.3, -0.25) is 9.36 Å². The number of halogens is 2. The quantitative estimate of drug-likeness (QED) is 0.354. The largest absolute Gasteiger partial charge is 0.383 e. The van der Waals surface area contributed by atoms with Crippen LogP contribution in [0.5, 0.6) is 0 Å². The lowest BCUT2D eigenvalue weighted by atomic mass is 10.0. The fourth-order valence-electron chi connectivity index (χ4n) is 4.10. The molecule has 2 atom stereocenters. The molecule has 0 spiro atoms. The molecule has 0 aliphatic carbocycles. The van der Waals surface area contributed by atoms with Crippen LogP contribution >= 0.6 is 23.2 Å². The van der Waals surface area contributed by atoms with Crippen molar-refractivity contribution in [3.05, 3.63) is 82.6 Å². The van der Waals surface area contributed by atoms with Crippen molar-refractivity contribution in [3.63, 3.8) is 0 Å². The summed E-state index contributed by atoms with van der Waals surface area (Å²) in [4.78, 5) is 23.4. The van der Waals surface area contributed by atoms with Gasteiger partial charge >= 0.3 is 0 Å². The molecule has 4 aromatic rings. The smallest absolute Gasteiger partial charge is 0.257 e.